The summed E-state index contributed by atoms with van der Waals surface area (Å²) < 4.78 is 0. The second-order valence-corrected chi connectivity index (χ2v) is 3.65. The molecule has 4 nitrogen and oxygen atoms in total. The van der Waals surface area contributed by atoms with Crippen molar-refractivity contribution in [3.05, 3.63) is 33.8 Å². The Morgan fingerprint density at radius 3 is 2.47 bits per heavy atom. The summed E-state index contributed by atoms with van der Waals surface area (Å²) >= 11 is 11.4. The van der Waals surface area contributed by atoms with Gasteiger partial charge < -0.3 is 5.73 Å². The van der Waals surface area contributed by atoms with E-state index in [1.807, 2.05) is 5.32 Å². The largest absolute Gasteiger partial charge is 0.351 e. The number of halogens is 2. The zero-order valence-electron chi connectivity index (χ0n) is 7.59. The first-order valence-electron chi connectivity index (χ1n) is 4.02. The third kappa shape index (κ3) is 3.77. The number of nitrogens with one attached hydrogen (secondary N) is 1. The zero-order valence-corrected chi connectivity index (χ0v) is 9.10. The van der Waals surface area contributed by atoms with Crippen molar-refractivity contribution in [2.75, 3.05) is 0 Å². The van der Waals surface area contributed by atoms with Crippen molar-refractivity contribution in [3.8, 4) is 0 Å². The average molecular weight is 247 g/mol. The summed E-state index contributed by atoms with van der Waals surface area (Å²) in [5, 5.41) is 2.72. The summed E-state index contributed by atoms with van der Waals surface area (Å²) in [4.78, 5) is 21.5. The lowest BCUT2D eigenvalue weighted by atomic mass is 10.1. The second-order valence-electron chi connectivity index (χ2n) is 2.84. The van der Waals surface area contributed by atoms with Gasteiger partial charge in [-0.3, -0.25) is 10.1 Å². The van der Waals surface area contributed by atoms with Gasteiger partial charge in [-0.1, -0.05) is 29.3 Å². The highest BCUT2D eigenvalue weighted by Gasteiger charge is 2.06. The number of rotatable bonds is 2. The molecule has 0 radical (unpaired) electrons. The number of benzene rings is 1. The van der Waals surface area contributed by atoms with Crippen LogP contribution < -0.4 is 11.1 Å². The lowest BCUT2D eigenvalue weighted by Crippen LogP contribution is -2.35. The maximum atomic E-state index is 11.1. The van der Waals surface area contributed by atoms with E-state index < -0.39 is 11.9 Å². The molecule has 0 aliphatic carbocycles. The number of carbonyl (C=O) groups is 2. The van der Waals surface area contributed by atoms with Crippen LogP contribution in [0.2, 0.25) is 10.0 Å². The van der Waals surface area contributed by atoms with Crippen LogP contribution in [0.25, 0.3) is 0 Å². The summed E-state index contributed by atoms with van der Waals surface area (Å²) in [5.41, 5.74) is 5.44. The molecule has 0 atom stereocenters. The van der Waals surface area contributed by atoms with E-state index in [0.29, 0.717) is 15.6 Å². The summed E-state index contributed by atoms with van der Waals surface area (Å²) in [5.74, 6) is -0.485. The zero-order chi connectivity index (χ0) is 11.4. The van der Waals surface area contributed by atoms with Crippen LogP contribution in [-0.4, -0.2) is 11.9 Å². The number of carbonyl (C=O) groups excluding carboxylic acids is 2. The minimum atomic E-state index is -0.875. The molecule has 0 spiro atoms. The van der Waals surface area contributed by atoms with E-state index in [4.69, 9.17) is 28.9 Å². The third-order valence-electron chi connectivity index (χ3n) is 1.61. The molecule has 0 aromatic heterocycles. The number of hydrogen-bond donors (Lipinski definition) is 2. The minimum Gasteiger partial charge on any atom is -0.351 e. The Kier molecular flexibility index (Phi) is 3.94. The molecule has 0 bridgehead atoms. The molecule has 80 valence electrons. The molecule has 3 amide bonds. The number of hydrogen-bond acceptors (Lipinski definition) is 2. The fourth-order valence-electron chi connectivity index (χ4n) is 1.02. The standard InChI is InChI=1S/C9H8Cl2N2O2/c10-6-2-1-5(3-7(6)11)4-8(14)13-9(12)15/h1-3H,4H2,(H3,12,13,14,15). The molecule has 6 heteroatoms. The Balaban J connectivity index is 2.69. The predicted molar refractivity (Wildman–Crippen MR) is 57.9 cm³/mol. The molecule has 0 aliphatic rings. The second kappa shape index (κ2) is 5.00. The molecule has 1 aromatic carbocycles. The average Bonchev–Trinajstić information content (AvgIpc) is 2.10. The highest BCUT2D eigenvalue weighted by Crippen LogP contribution is 2.22. The van der Waals surface area contributed by atoms with E-state index in [2.05, 4.69) is 0 Å². The number of nitrogens with two attached hydrogens (primary N) is 1. The molecule has 0 heterocycles. The highest BCUT2D eigenvalue weighted by molar-refractivity contribution is 6.42. The summed E-state index contributed by atoms with van der Waals surface area (Å²) in [7, 11) is 0. The van der Waals surface area contributed by atoms with E-state index in [9.17, 15) is 9.59 Å². The highest BCUT2D eigenvalue weighted by atomic mass is 35.5. The first kappa shape index (κ1) is 11.8. The van der Waals surface area contributed by atoms with Crippen LogP contribution in [0.5, 0.6) is 0 Å². The van der Waals surface area contributed by atoms with Crippen LogP contribution in [0.1, 0.15) is 5.56 Å². The van der Waals surface area contributed by atoms with Gasteiger partial charge in [-0.15, -0.1) is 0 Å². The van der Waals surface area contributed by atoms with Crippen LogP contribution in [0.3, 0.4) is 0 Å². The molecule has 15 heavy (non-hydrogen) atoms. The normalized spacial score (nSPS) is 9.73. The van der Waals surface area contributed by atoms with E-state index in [-0.39, 0.29) is 6.42 Å². The Labute approximate surface area is 96.3 Å². The minimum absolute atomic E-state index is 0.0276. The first-order chi connectivity index (χ1) is 6.99. The van der Waals surface area contributed by atoms with E-state index in [1.54, 1.807) is 18.2 Å². The number of amides is 3. The fourth-order valence-corrected chi connectivity index (χ4v) is 1.34. The number of urea groups is 1. The van der Waals surface area contributed by atoms with E-state index in [0.717, 1.165) is 0 Å². The van der Waals surface area contributed by atoms with Crippen LogP contribution in [0.15, 0.2) is 18.2 Å². The van der Waals surface area contributed by atoms with Crippen LogP contribution >= 0.6 is 23.2 Å². The van der Waals surface area contributed by atoms with Gasteiger partial charge in [0.2, 0.25) is 5.91 Å². The maximum absolute atomic E-state index is 11.1. The fraction of sp³-hybridized carbons (Fsp3) is 0.111. The molecule has 0 saturated carbocycles. The molecule has 0 fully saturated rings. The molecule has 0 aliphatic heterocycles. The molecule has 1 rings (SSSR count). The molecular formula is C9H8Cl2N2O2. The monoisotopic (exact) mass is 246 g/mol. The van der Waals surface area contributed by atoms with Gasteiger partial charge in [-0.2, -0.15) is 0 Å². The SMILES string of the molecule is NC(=O)NC(=O)Cc1ccc(Cl)c(Cl)c1. The van der Waals surface area contributed by atoms with Crippen LogP contribution in [-0.2, 0) is 11.2 Å². The van der Waals surface area contributed by atoms with Crippen molar-refractivity contribution >= 4 is 35.1 Å². The maximum Gasteiger partial charge on any atom is 0.318 e. The topological polar surface area (TPSA) is 72.2 Å². The Morgan fingerprint density at radius 2 is 1.93 bits per heavy atom. The lowest BCUT2D eigenvalue weighted by molar-refractivity contribution is -0.119. The molecule has 0 unspecified atom stereocenters. The van der Waals surface area contributed by atoms with E-state index >= 15 is 0 Å². The Bertz CT molecular complexity index is 407. The van der Waals surface area contributed by atoms with E-state index in [1.165, 1.54) is 0 Å². The molecular weight excluding hydrogens is 239 g/mol. The van der Waals surface area contributed by atoms with Crippen molar-refractivity contribution in [2.24, 2.45) is 5.73 Å². The van der Waals surface area contributed by atoms with Gasteiger partial charge in [-0.25, -0.2) is 4.79 Å². The van der Waals surface area contributed by atoms with Crippen molar-refractivity contribution in [1.82, 2.24) is 5.32 Å². The van der Waals surface area contributed by atoms with Gasteiger partial charge in [0.05, 0.1) is 16.5 Å². The van der Waals surface area contributed by atoms with Gasteiger partial charge in [0.1, 0.15) is 0 Å². The first-order valence-corrected chi connectivity index (χ1v) is 4.78. The van der Waals surface area contributed by atoms with Crippen LogP contribution in [0, 0.1) is 0 Å². The van der Waals surface area contributed by atoms with Crippen molar-refractivity contribution in [2.45, 2.75) is 6.42 Å². The third-order valence-corrected chi connectivity index (χ3v) is 2.35. The summed E-state index contributed by atoms with van der Waals surface area (Å²) in [6.45, 7) is 0. The smallest absolute Gasteiger partial charge is 0.318 e. The molecule has 0 saturated heterocycles. The van der Waals surface area contributed by atoms with Crippen molar-refractivity contribution in [3.63, 3.8) is 0 Å². The number of imide groups is 1. The van der Waals surface area contributed by atoms with Crippen molar-refractivity contribution in [1.29, 1.82) is 0 Å². The van der Waals surface area contributed by atoms with Crippen LogP contribution in [0.4, 0.5) is 4.79 Å². The number of primary amides is 1. The predicted octanol–water partition coefficient (Wildman–Crippen LogP) is 1.73. The van der Waals surface area contributed by atoms with Crippen molar-refractivity contribution < 1.29 is 9.59 Å². The van der Waals surface area contributed by atoms with Gasteiger partial charge in [0.25, 0.3) is 0 Å². The van der Waals surface area contributed by atoms with Gasteiger partial charge in [-0.05, 0) is 17.7 Å². The molecule has 3 N–H and O–H groups in total. The lowest BCUT2D eigenvalue weighted by Gasteiger charge is -2.02. The Morgan fingerprint density at radius 1 is 1.27 bits per heavy atom. The van der Waals surface area contributed by atoms with Gasteiger partial charge in [0, 0.05) is 0 Å². The summed E-state index contributed by atoms with van der Waals surface area (Å²) in [6, 6.07) is 3.91. The quantitative estimate of drug-likeness (QED) is 0.835. The molecule has 1 aromatic rings. The summed E-state index contributed by atoms with van der Waals surface area (Å²) in [6.07, 6.45) is 0.0276. The van der Waals surface area contributed by atoms with Gasteiger partial charge in [0.15, 0.2) is 0 Å². The van der Waals surface area contributed by atoms with Gasteiger partial charge >= 0.3 is 6.03 Å². The Hall–Kier alpha value is -1.26.